The molecule has 0 radical (unpaired) electrons. The fourth-order valence-electron chi connectivity index (χ4n) is 2.47. The largest absolute Gasteiger partial charge is 0.495 e. The molecule has 0 aliphatic heterocycles. The summed E-state index contributed by atoms with van der Waals surface area (Å²) in [6, 6.07) is 9.14. The number of benzene rings is 2. The average Bonchev–Trinajstić information content (AvgIpc) is 2.61. The van der Waals surface area contributed by atoms with Crippen LogP contribution >= 0.6 is 0 Å². The number of ether oxygens (including phenoxy) is 1. The topological polar surface area (TPSA) is 81.5 Å². The SMILES string of the molecule is COc1cc2c(cc1N)-c1ccc(N)cc1C2O. The van der Waals surface area contributed by atoms with Crippen molar-refractivity contribution >= 4 is 11.4 Å². The van der Waals surface area contributed by atoms with Crippen LogP contribution in [0.1, 0.15) is 17.2 Å². The number of anilines is 2. The first-order valence-corrected chi connectivity index (χ1v) is 5.67. The Labute approximate surface area is 105 Å². The van der Waals surface area contributed by atoms with Gasteiger partial charge in [0.15, 0.2) is 0 Å². The van der Waals surface area contributed by atoms with Gasteiger partial charge < -0.3 is 21.3 Å². The summed E-state index contributed by atoms with van der Waals surface area (Å²) in [4.78, 5) is 0. The van der Waals surface area contributed by atoms with E-state index >= 15 is 0 Å². The number of hydrogen-bond acceptors (Lipinski definition) is 4. The molecule has 1 aliphatic carbocycles. The molecule has 0 aromatic heterocycles. The monoisotopic (exact) mass is 242 g/mol. The van der Waals surface area contributed by atoms with Gasteiger partial charge in [0.05, 0.1) is 12.8 Å². The zero-order valence-corrected chi connectivity index (χ0v) is 9.97. The van der Waals surface area contributed by atoms with Gasteiger partial charge in [-0.1, -0.05) is 6.07 Å². The highest BCUT2D eigenvalue weighted by atomic mass is 16.5. The van der Waals surface area contributed by atoms with E-state index in [0.717, 1.165) is 22.3 Å². The minimum atomic E-state index is -0.673. The molecule has 5 N–H and O–H groups in total. The second-order valence-electron chi connectivity index (χ2n) is 4.43. The van der Waals surface area contributed by atoms with Gasteiger partial charge in [-0.05, 0) is 46.5 Å². The summed E-state index contributed by atoms with van der Waals surface area (Å²) < 4.78 is 5.18. The standard InChI is InChI=1S/C14H14N2O2/c1-18-13-6-11-9(5-12(13)16)8-3-2-7(15)4-10(8)14(11)17/h2-6,14,17H,15-16H2,1H3. The van der Waals surface area contributed by atoms with Crippen molar-refractivity contribution < 1.29 is 9.84 Å². The first kappa shape index (κ1) is 10.9. The maximum Gasteiger partial charge on any atom is 0.142 e. The van der Waals surface area contributed by atoms with Crippen LogP contribution in [0.2, 0.25) is 0 Å². The third kappa shape index (κ3) is 1.36. The number of nitrogen functional groups attached to an aromatic ring is 2. The molecule has 0 fully saturated rings. The van der Waals surface area contributed by atoms with Crippen molar-refractivity contribution in [2.24, 2.45) is 0 Å². The van der Waals surface area contributed by atoms with E-state index in [2.05, 4.69) is 0 Å². The summed E-state index contributed by atoms with van der Waals surface area (Å²) in [6.07, 6.45) is -0.673. The van der Waals surface area contributed by atoms with Gasteiger partial charge in [0.25, 0.3) is 0 Å². The molecule has 4 nitrogen and oxygen atoms in total. The number of aliphatic hydroxyl groups excluding tert-OH is 1. The number of nitrogens with two attached hydrogens (primary N) is 2. The van der Waals surface area contributed by atoms with E-state index in [1.54, 1.807) is 19.2 Å². The Hall–Kier alpha value is -2.20. The molecule has 18 heavy (non-hydrogen) atoms. The van der Waals surface area contributed by atoms with Crippen molar-refractivity contribution in [3.8, 4) is 16.9 Å². The van der Waals surface area contributed by atoms with Crippen LogP contribution in [0.15, 0.2) is 30.3 Å². The normalized spacial score (nSPS) is 16.2. The number of fused-ring (bicyclic) bond motifs is 3. The van der Waals surface area contributed by atoms with Crippen LogP contribution in [-0.2, 0) is 0 Å². The summed E-state index contributed by atoms with van der Waals surface area (Å²) in [6.45, 7) is 0. The Morgan fingerprint density at radius 3 is 2.50 bits per heavy atom. The fraction of sp³-hybridized carbons (Fsp3) is 0.143. The van der Waals surface area contributed by atoms with Gasteiger partial charge in [-0.15, -0.1) is 0 Å². The first-order chi connectivity index (χ1) is 8.61. The van der Waals surface area contributed by atoms with Gasteiger partial charge in [-0.3, -0.25) is 0 Å². The van der Waals surface area contributed by atoms with Crippen LogP contribution in [0.25, 0.3) is 11.1 Å². The lowest BCUT2D eigenvalue weighted by Crippen LogP contribution is -1.97. The lowest BCUT2D eigenvalue weighted by molar-refractivity contribution is 0.225. The van der Waals surface area contributed by atoms with Gasteiger partial charge in [0.2, 0.25) is 0 Å². The van der Waals surface area contributed by atoms with Crippen molar-refractivity contribution in [3.05, 3.63) is 41.5 Å². The Morgan fingerprint density at radius 2 is 1.78 bits per heavy atom. The quantitative estimate of drug-likeness (QED) is 0.667. The number of rotatable bonds is 1. The molecule has 0 saturated heterocycles. The van der Waals surface area contributed by atoms with Crippen LogP contribution in [0.4, 0.5) is 11.4 Å². The van der Waals surface area contributed by atoms with Crippen LogP contribution in [0, 0.1) is 0 Å². The van der Waals surface area contributed by atoms with Crippen LogP contribution in [0.3, 0.4) is 0 Å². The predicted octanol–water partition coefficient (Wildman–Crippen LogP) is 1.92. The Kier molecular flexibility index (Phi) is 2.21. The van der Waals surface area contributed by atoms with Gasteiger partial charge in [-0.25, -0.2) is 0 Å². The van der Waals surface area contributed by atoms with Crippen molar-refractivity contribution in [2.75, 3.05) is 18.6 Å². The molecule has 2 aromatic carbocycles. The van der Waals surface area contributed by atoms with Crippen molar-refractivity contribution in [1.82, 2.24) is 0 Å². The average molecular weight is 242 g/mol. The van der Waals surface area contributed by atoms with E-state index in [1.165, 1.54) is 0 Å². The molecule has 92 valence electrons. The van der Waals surface area contributed by atoms with E-state index < -0.39 is 6.10 Å². The summed E-state index contributed by atoms with van der Waals surface area (Å²) in [5, 5.41) is 10.3. The summed E-state index contributed by atoms with van der Waals surface area (Å²) in [7, 11) is 1.56. The fourth-order valence-corrected chi connectivity index (χ4v) is 2.47. The molecule has 0 heterocycles. The van der Waals surface area contributed by atoms with E-state index in [-0.39, 0.29) is 0 Å². The minimum Gasteiger partial charge on any atom is -0.495 e. The molecule has 4 heteroatoms. The maximum absolute atomic E-state index is 10.3. The zero-order valence-electron chi connectivity index (χ0n) is 9.97. The highest BCUT2D eigenvalue weighted by Crippen LogP contribution is 2.46. The number of aliphatic hydroxyl groups is 1. The third-order valence-corrected chi connectivity index (χ3v) is 3.36. The third-order valence-electron chi connectivity index (χ3n) is 3.36. The molecule has 1 atom stereocenters. The van der Waals surface area contributed by atoms with Gasteiger partial charge >= 0.3 is 0 Å². The van der Waals surface area contributed by atoms with Crippen molar-refractivity contribution in [3.63, 3.8) is 0 Å². The Bertz CT molecular complexity index is 638. The summed E-state index contributed by atoms with van der Waals surface area (Å²) >= 11 is 0. The van der Waals surface area contributed by atoms with Crippen molar-refractivity contribution in [2.45, 2.75) is 6.10 Å². The molecule has 1 aliphatic rings. The summed E-state index contributed by atoms with van der Waals surface area (Å²) in [5.74, 6) is 0.577. The van der Waals surface area contributed by atoms with Crippen LogP contribution < -0.4 is 16.2 Å². The van der Waals surface area contributed by atoms with E-state index in [0.29, 0.717) is 17.1 Å². The molecule has 2 aromatic rings. The Balaban J connectivity index is 2.27. The highest BCUT2D eigenvalue weighted by molar-refractivity contribution is 5.83. The molecule has 0 saturated carbocycles. The van der Waals surface area contributed by atoms with Gasteiger partial charge in [0, 0.05) is 5.69 Å². The van der Waals surface area contributed by atoms with E-state index in [1.807, 2.05) is 18.2 Å². The minimum absolute atomic E-state index is 0.563. The molecule has 0 bridgehead atoms. The lowest BCUT2D eigenvalue weighted by Gasteiger charge is -2.09. The second-order valence-corrected chi connectivity index (χ2v) is 4.43. The van der Waals surface area contributed by atoms with E-state index in [9.17, 15) is 5.11 Å². The van der Waals surface area contributed by atoms with Gasteiger partial charge in [0.1, 0.15) is 11.9 Å². The first-order valence-electron chi connectivity index (χ1n) is 5.67. The highest BCUT2D eigenvalue weighted by Gasteiger charge is 2.28. The number of methoxy groups -OCH3 is 1. The Morgan fingerprint density at radius 1 is 1.06 bits per heavy atom. The molecule has 0 amide bonds. The number of hydrogen-bond donors (Lipinski definition) is 3. The maximum atomic E-state index is 10.3. The van der Waals surface area contributed by atoms with Crippen LogP contribution in [0.5, 0.6) is 5.75 Å². The molecular formula is C14H14N2O2. The van der Waals surface area contributed by atoms with Crippen LogP contribution in [-0.4, -0.2) is 12.2 Å². The van der Waals surface area contributed by atoms with Crippen molar-refractivity contribution in [1.29, 1.82) is 0 Å². The summed E-state index contributed by atoms with van der Waals surface area (Å²) in [5.41, 5.74) is 16.4. The molecule has 3 rings (SSSR count). The zero-order chi connectivity index (χ0) is 12.9. The van der Waals surface area contributed by atoms with E-state index in [4.69, 9.17) is 16.2 Å². The smallest absolute Gasteiger partial charge is 0.142 e. The predicted molar refractivity (Wildman–Crippen MR) is 71.3 cm³/mol. The molecule has 0 spiro atoms. The molecule has 1 unspecified atom stereocenters. The lowest BCUT2D eigenvalue weighted by atomic mass is 10.0. The molecular weight excluding hydrogens is 228 g/mol. The second kappa shape index (κ2) is 3.65. The van der Waals surface area contributed by atoms with Gasteiger partial charge in [-0.2, -0.15) is 0 Å².